The van der Waals surface area contributed by atoms with Crippen LogP contribution in [0.1, 0.15) is 26.3 Å². The molecule has 0 aliphatic heterocycles. The molecule has 0 aliphatic carbocycles. The van der Waals surface area contributed by atoms with E-state index in [0.717, 1.165) is 5.56 Å². The Morgan fingerprint density at radius 2 is 2.12 bits per heavy atom. The Bertz CT molecular complexity index is 372. The normalized spacial score (nSPS) is 11.5. The number of rotatable bonds is 5. The van der Waals surface area contributed by atoms with Crippen LogP contribution in [0.15, 0.2) is 24.3 Å². The van der Waals surface area contributed by atoms with Gasteiger partial charge in [0, 0.05) is 18.1 Å². The summed E-state index contributed by atoms with van der Waals surface area (Å²) in [6.07, 6.45) is 0.355. The van der Waals surface area contributed by atoms with Crippen LogP contribution in [0.3, 0.4) is 0 Å². The van der Waals surface area contributed by atoms with E-state index < -0.39 is 5.60 Å². The summed E-state index contributed by atoms with van der Waals surface area (Å²) in [6.45, 7) is 6.01. The van der Waals surface area contributed by atoms with Gasteiger partial charge in [-0.3, -0.25) is 4.79 Å². The lowest BCUT2D eigenvalue weighted by molar-refractivity contribution is -0.139. The zero-order chi connectivity index (χ0) is 12.2. The molecular formula is C13H17ClO2. The van der Waals surface area contributed by atoms with Crippen LogP contribution in [-0.4, -0.2) is 18.0 Å². The minimum absolute atomic E-state index is 0.0663. The minimum atomic E-state index is -0.725. The average molecular weight is 241 g/mol. The molecule has 3 heteroatoms. The van der Waals surface area contributed by atoms with Crippen molar-refractivity contribution < 1.29 is 9.53 Å². The van der Waals surface area contributed by atoms with Gasteiger partial charge in [0.1, 0.15) is 5.60 Å². The molecule has 0 heterocycles. The highest BCUT2D eigenvalue weighted by Crippen LogP contribution is 2.16. The van der Waals surface area contributed by atoms with E-state index in [1.54, 1.807) is 19.9 Å². The summed E-state index contributed by atoms with van der Waals surface area (Å²) in [5, 5.41) is 0.652. The van der Waals surface area contributed by atoms with Crippen LogP contribution in [0.4, 0.5) is 0 Å². The van der Waals surface area contributed by atoms with Crippen LogP contribution in [0, 0.1) is 0 Å². The maximum Gasteiger partial charge on any atom is 0.168 e. The van der Waals surface area contributed by atoms with E-state index >= 15 is 0 Å². The molecule has 0 radical (unpaired) electrons. The zero-order valence-corrected chi connectivity index (χ0v) is 10.7. The average Bonchev–Trinajstić information content (AvgIpc) is 2.17. The van der Waals surface area contributed by atoms with Crippen LogP contribution >= 0.6 is 11.6 Å². The van der Waals surface area contributed by atoms with Gasteiger partial charge in [0.25, 0.3) is 0 Å². The van der Waals surface area contributed by atoms with Gasteiger partial charge < -0.3 is 4.74 Å². The van der Waals surface area contributed by atoms with Gasteiger partial charge in [-0.05, 0) is 38.5 Å². The molecule has 0 aromatic heterocycles. The molecule has 0 amide bonds. The third-order valence-corrected chi connectivity index (χ3v) is 2.67. The summed E-state index contributed by atoms with van der Waals surface area (Å²) in [5.74, 6) is 0.0663. The Morgan fingerprint density at radius 1 is 1.44 bits per heavy atom. The molecule has 1 aromatic carbocycles. The Balaban J connectivity index is 2.71. The predicted molar refractivity (Wildman–Crippen MR) is 65.9 cm³/mol. The number of carbonyl (C=O) groups is 1. The quantitative estimate of drug-likeness (QED) is 0.790. The van der Waals surface area contributed by atoms with Crippen molar-refractivity contribution in [3.63, 3.8) is 0 Å². The Kier molecular flexibility index (Phi) is 4.51. The molecule has 0 atom stereocenters. The number of carbonyl (C=O) groups excluding carboxylic acids is 1. The van der Waals surface area contributed by atoms with Gasteiger partial charge in [-0.15, -0.1) is 0 Å². The van der Waals surface area contributed by atoms with Gasteiger partial charge in [0.05, 0.1) is 0 Å². The topological polar surface area (TPSA) is 26.3 Å². The predicted octanol–water partition coefficient (Wildman–Crippen LogP) is 3.27. The Morgan fingerprint density at radius 3 is 2.69 bits per heavy atom. The molecule has 1 aromatic rings. The molecule has 0 N–H and O–H groups in total. The maximum absolute atomic E-state index is 12.0. The molecule has 0 unspecified atom stereocenters. The molecule has 0 saturated carbocycles. The van der Waals surface area contributed by atoms with Gasteiger partial charge in [-0.2, -0.15) is 0 Å². The summed E-state index contributed by atoms with van der Waals surface area (Å²) < 4.78 is 5.41. The molecular weight excluding hydrogens is 224 g/mol. The van der Waals surface area contributed by atoms with Crippen molar-refractivity contribution in [3.05, 3.63) is 34.9 Å². The molecule has 16 heavy (non-hydrogen) atoms. The van der Waals surface area contributed by atoms with Crippen molar-refractivity contribution in [2.75, 3.05) is 6.61 Å². The monoisotopic (exact) mass is 240 g/mol. The highest BCUT2D eigenvalue weighted by atomic mass is 35.5. The second kappa shape index (κ2) is 5.46. The first-order chi connectivity index (χ1) is 7.45. The SMILES string of the molecule is CCOC(C)(C)C(=O)Cc1cccc(Cl)c1. The third-order valence-electron chi connectivity index (χ3n) is 2.43. The van der Waals surface area contributed by atoms with Crippen molar-refractivity contribution in [2.45, 2.75) is 32.8 Å². The molecule has 1 rings (SSSR count). The van der Waals surface area contributed by atoms with Gasteiger partial charge in [0.15, 0.2) is 5.78 Å². The van der Waals surface area contributed by atoms with Crippen molar-refractivity contribution in [1.82, 2.24) is 0 Å². The second-order valence-corrected chi connectivity index (χ2v) is 4.61. The van der Waals surface area contributed by atoms with E-state index in [4.69, 9.17) is 16.3 Å². The number of halogens is 1. The number of benzene rings is 1. The second-order valence-electron chi connectivity index (χ2n) is 4.17. The Labute approximate surface area is 102 Å². The van der Waals surface area contributed by atoms with Crippen LogP contribution < -0.4 is 0 Å². The molecule has 0 bridgehead atoms. The van der Waals surface area contributed by atoms with E-state index in [2.05, 4.69) is 0 Å². The molecule has 0 fully saturated rings. The van der Waals surface area contributed by atoms with E-state index in [0.29, 0.717) is 18.1 Å². The summed E-state index contributed by atoms with van der Waals surface area (Å²) in [4.78, 5) is 12.0. The molecule has 88 valence electrons. The number of hydrogen-bond donors (Lipinski definition) is 0. The van der Waals surface area contributed by atoms with Gasteiger partial charge >= 0.3 is 0 Å². The summed E-state index contributed by atoms with van der Waals surface area (Å²) in [6, 6.07) is 7.34. The fourth-order valence-electron chi connectivity index (χ4n) is 1.49. The fourth-order valence-corrected chi connectivity index (χ4v) is 1.70. The fraction of sp³-hybridized carbons (Fsp3) is 0.462. The van der Waals surface area contributed by atoms with Crippen LogP contribution in [0.25, 0.3) is 0 Å². The third kappa shape index (κ3) is 3.62. The smallest absolute Gasteiger partial charge is 0.168 e. The van der Waals surface area contributed by atoms with Crippen LogP contribution in [-0.2, 0) is 16.0 Å². The molecule has 0 aliphatic rings. The van der Waals surface area contributed by atoms with Crippen molar-refractivity contribution >= 4 is 17.4 Å². The summed E-state index contributed by atoms with van der Waals surface area (Å²) in [5.41, 5.74) is 0.196. The van der Waals surface area contributed by atoms with Crippen molar-refractivity contribution in [3.8, 4) is 0 Å². The van der Waals surface area contributed by atoms with Crippen molar-refractivity contribution in [2.24, 2.45) is 0 Å². The lowest BCUT2D eigenvalue weighted by atomic mass is 9.97. The van der Waals surface area contributed by atoms with Crippen LogP contribution in [0.5, 0.6) is 0 Å². The van der Waals surface area contributed by atoms with Gasteiger partial charge in [-0.1, -0.05) is 23.7 Å². The largest absolute Gasteiger partial charge is 0.368 e. The Hall–Kier alpha value is -0.860. The minimum Gasteiger partial charge on any atom is -0.368 e. The van der Waals surface area contributed by atoms with Crippen LogP contribution in [0.2, 0.25) is 5.02 Å². The first kappa shape index (κ1) is 13.2. The van der Waals surface area contributed by atoms with E-state index in [1.807, 2.05) is 25.1 Å². The zero-order valence-electron chi connectivity index (χ0n) is 9.92. The number of hydrogen-bond acceptors (Lipinski definition) is 2. The standard InChI is InChI=1S/C13H17ClO2/c1-4-16-13(2,3)12(15)9-10-6-5-7-11(14)8-10/h5-8H,4,9H2,1-3H3. The van der Waals surface area contributed by atoms with E-state index in [-0.39, 0.29) is 5.78 Å². The number of Topliss-reactive ketones (excluding diaryl/α,β-unsaturated/α-hetero) is 1. The van der Waals surface area contributed by atoms with E-state index in [1.165, 1.54) is 0 Å². The summed E-state index contributed by atoms with van der Waals surface area (Å²) >= 11 is 5.86. The van der Waals surface area contributed by atoms with Gasteiger partial charge in [0.2, 0.25) is 0 Å². The first-order valence-corrected chi connectivity index (χ1v) is 5.75. The van der Waals surface area contributed by atoms with E-state index in [9.17, 15) is 4.79 Å². The molecule has 2 nitrogen and oxygen atoms in total. The summed E-state index contributed by atoms with van der Waals surface area (Å²) in [7, 11) is 0. The lowest BCUT2D eigenvalue weighted by Gasteiger charge is -2.23. The van der Waals surface area contributed by atoms with Crippen molar-refractivity contribution in [1.29, 1.82) is 0 Å². The molecule has 0 saturated heterocycles. The first-order valence-electron chi connectivity index (χ1n) is 5.37. The lowest BCUT2D eigenvalue weighted by Crippen LogP contribution is -2.36. The maximum atomic E-state index is 12.0. The number of ketones is 1. The molecule has 0 spiro atoms. The highest BCUT2D eigenvalue weighted by Gasteiger charge is 2.27. The highest BCUT2D eigenvalue weighted by molar-refractivity contribution is 6.30. The number of ether oxygens (including phenoxy) is 1. The van der Waals surface area contributed by atoms with Gasteiger partial charge in [-0.25, -0.2) is 0 Å².